The largest absolute Gasteiger partial charge is 0.416 e. The maximum atomic E-state index is 12.8. The van der Waals surface area contributed by atoms with Gasteiger partial charge in [0.05, 0.1) is 5.56 Å². The van der Waals surface area contributed by atoms with Gasteiger partial charge in [-0.1, -0.05) is 12.1 Å². The van der Waals surface area contributed by atoms with Crippen molar-refractivity contribution in [2.75, 3.05) is 0 Å². The lowest BCUT2D eigenvalue weighted by Crippen LogP contribution is -2.39. The molecule has 1 N–H and O–H groups in total. The minimum absolute atomic E-state index is 0.137. The molecule has 0 aliphatic carbocycles. The van der Waals surface area contributed by atoms with E-state index < -0.39 is 29.0 Å². The van der Waals surface area contributed by atoms with Crippen molar-refractivity contribution in [1.82, 2.24) is 14.5 Å². The van der Waals surface area contributed by atoms with Crippen molar-refractivity contribution in [1.29, 1.82) is 0 Å². The molecule has 1 unspecified atom stereocenters. The predicted octanol–water partition coefficient (Wildman–Crippen LogP) is 1.95. The summed E-state index contributed by atoms with van der Waals surface area (Å²) in [5, 5.41) is 3.01. The zero-order valence-electron chi connectivity index (χ0n) is 13.5. The van der Waals surface area contributed by atoms with Gasteiger partial charge in [0, 0.05) is 38.4 Å². The number of aromatic nitrogens is 2. The van der Waals surface area contributed by atoms with Gasteiger partial charge in [0.1, 0.15) is 0 Å². The highest BCUT2D eigenvalue weighted by molar-refractivity contribution is 5.27. The fraction of sp³-hybridized carbons (Fsp3) is 0.375. The summed E-state index contributed by atoms with van der Waals surface area (Å²) >= 11 is 0. The molecule has 24 heavy (non-hydrogen) atoms. The molecule has 0 saturated carbocycles. The maximum Gasteiger partial charge on any atom is 0.416 e. The first-order chi connectivity index (χ1) is 11.1. The second-order valence-electron chi connectivity index (χ2n) is 5.64. The Morgan fingerprint density at radius 2 is 1.88 bits per heavy atom. The van der Waals surface area contributed by atoms with Crippen LogP contribution in [0.4, 0.5) is 13.2 Å². The molecule has 1 atom stereocenters. The van der Waals surface area contributed by atoms with Crippen LogP contribution in [-0.4, -0.2) is 9.13 Å². The maximum absolute atomic E-state index is 12.8. The summed E-state index contributed by atoms with van der Waals surface area (Å²) in [6.45, 7) is 1.85. The number of nitrogens with one attached hydrogen (secondary N) is 1. The molecule has 0 aliphatic rings. The third-order valence-corrected chi connectivity index (χ3v) is 3.83. The van der Waals surface area contributed by atoms with Crippen molar-refractivity contribution < 1.29 is 13.2 Å². The van der Waals surface area contributed by atoms with E-state index in [2.05, 4.69) is 5.32 Å². The number of hydrogen-bond acceptors (Lipinski definition) is 3. The van der Waals surface area contributed by atoms with Crippen LogP contribution >= 0.6 is 0 Å². The number of aryl methyl sites for hydroxylation is 1. The third kappa shape index (κ3) is 3.76. The first kappa shape index (κ1) is 18.0. The van der Waals surface area contributed by atoms with E-state index in [0.29, 0.717) is 11.1 Å². The highest BCUT2D eigenvalue weighted by Gasteiger charge is 2.30. The van der Waals surface area contributed by atoms with E-state index in [9.17, 15) is 22.8 Å². The molecular weight excluding hydrogens is 323 g/mol. The predicted molar refractivity (Wildman–Crippen MR) is 83.6 cm³/mol. The lowest BCUT2D eigenvalue weighted by atomic mass is 10.0. The van der Waals surface area contributed by atoms with Gasteiger partial charge in [-0.2, -0.15) is 13.2 Å². The van der Waals surface area contributed by atoms with Gasteiger partial charge in [0.25, 0.3) is 5.56 Å². The molecule has 130 valence electrons. The number of halogens is 3. The van der Waals surface area contributed by atoms with Crippen LogP contribution in [0.3, 0.4) is 0 Å². The van der Waals surface area contributed by atoms with Crippen molar-refractivity contribution in [3.05, 3.63) is 68.0 Å². The van der Waals surface area contributed by atoms with Crippen LogP contribution in [0, 0.1) is 0 Å². The van der Waals surface area contributed by atoms with E-state index in [0.717, 1.165) is 16.7 Å². The molecule has 0 amide bonds. The number of hydrogen-bond donors (Lipinski definition) is 1. The van der Waals surface area contributed by atoms with Crippen LogP contribution < -0.4 is 16.6 Å². The van der Waals surface area contributed by atoms with E-state index in [1.165, 1.54) is 30.9 Å². The van der Waals surface area contributed by atoms with Crippen LogP contribution in [0.15, 0.2) is 40.1 Å². The minimum atomic E-state index is -4.40. The molecule has 1 aromatic heterocycles. The van der Waals surface area contributed by atoms with Gasteiger partial charge in [-0.05, 0) is 24.6 Å². The average molecular weight is 341 g/mol. The zero-order chi connectivity index (χ0) is 18.1. The normalized spacial score (nSPS) is 13.1. The first-order valence-corrected chi connectivity index (χ1v) is 7.27. The van der Waals surface area contributed by atoms with Gasteiger partial charge in [-0.15, -0.1) is 0 Å². The number of alkyl halides is 3. The van der Waals surface area contributed by atoms with Crippen LogP contribution in [-0.2, 0) is 26.8 Å². The van der Waals surface area contributed by atoms with E-state index in [-0.39, 0.29) is 6.54 Å². The van der Waals surface area contributed by atoms with Crippen LogP contribution in [0.25, 0.3) is 0 Å². The summed E-state index contributed by atoms with van der Waals surface area (Å²) in [5.41, 5.74) is -0.756. The molecule has 1 heterocycles. The Hall–Kier alpha value is -2.35. The molecule has 2 rings (SSSR count). The van der Waals surface area contributed by atoms with E-state index in [1.807, 2.05) is 0 Å². The standard InChI is InChI=1S/C16H18F3N3O2/c1-10(11-5-4-6-13(7-11)16(17,18)19)20-8-12-9-21(2)15(24)22(3)14(12)23/h4-7,9-10,20H,8H2,1-3H3. The van der Waals surface area contributed by atoms with E-state index in [4.69, 9.17) is 0 Å². The molecule has 0 saturated heterocycles. The highest BCUT2D eigenvalue weighted by Crippen LogP contribution is 2.30. The smallest absolute Gasteiger partial charge is 0.306 e. The van der Waals surface area contributed by atoms with Crippen molar-refractivity contribution in [2.24, 2.45) is 14.1 Å². The minimum Gasteiger partial charge on any atom is -0.306 e. The summed E-state index contributed by atoms with van der Waals surface area (Å²) in [6.07, 6.45) is -2.97. The number of benzene rings is 1. The topological polar surface area (TPSA) is 56.0 Å². The molecule has 2 aromatic rings. The summed E-state index contributed by atoms with van der Waals surface area (Å²) in [4.78, 5) is 23.7. The van der Waals surface area contributed by atoms with Gasteiger partial charge in [-0.3, -0.25) is 9.36 Å². The van der Waals surface area contributed by atoms with Gasteiger partial charge in [0.15, 0.2) is 0 Å². The average Bonchev–Trinajstić information content (AvgIpc) is 2.54. The Morgan fingerprint density at radius 1 is 1.21 bits per heavy atom. The lowest BCUT2D eigenvalue weighted by molar-refractivity contribution is -0.137. The number of rotatable bonds is 4. The molecular formula is C16H18F3N3O2. The van der Waals surface area contributed by atoms with Crippen molar-refractivity contribution in [2.45, 2.75) is 25.7 Å². The molecule has 0 fully saturated rings. The Bertz CT molecular complexity index is 853. The van der Waals surface area contributed by atoms with Gasteiger partial charge < -0.3 is 9.88 Å². The quantitative estimate of drug-likeness (QED) is 0.925. The lowest BCUT2D eigenvalue weighted by Gasteiger charge is -2.16. The van der Waals surface area contributed by atoms with Gasteiger partial charge in [-0.25, -0.2) is 4.79 Å². The second-order valence-corrected chi connectivity index (χ2v) is 5.64. The van der Waals surface area contributed by atoms with Crippen molar-refractivity contribution in [3.63, 3.8) is 0 Å². The number of nitrogens with zero attached hydrogens (tertiary/aromatic N) is 2. The fourth-order valence-corrected chi connectivity index (χ4v) is 2.37. The Labute approximate surface area is 136 Å². The zero-order valence-corrected chi connectivity index (χ0v) is 13.5. The van der Waals surface area contributed by atoms with Gasteiger partial charge in [0.2, 0.25) is 0 Å². The summed E-state index contributed by atoms with van der Waals surface area (Å²) in [5.74, 6) is 0. The highest BCUT2D eigenvalue weighted by atomic mass is 19.4. The monoisotopic (exact) mass is 341 g/mol. The Kier molecular flexibility index (Phi) is 4.98. The first-order valence-electron chi connectivity index (χ1n) is 7.27. The van der Waals surface area contributed by atoms with Crippen molar-refractivity contribution >= 4 is 0 Å². The van der Waals surface area contributed by atoms with Crippen molar-refractivity contribution in [3.8, 4) is 0 Å². The summed E-state index contributed by atoms with van der Waals surface area (Å²) in [7, 11) is 2.91. The molecule has 0 aliphatic heterocycles. The van der Waals surface area contributed by atoms with E-state index >= 15 is 0 Å². The summed E-state index contributed by atoms with van der Waals surface area (Å²) in [6, 6.07) is 4.64. The molecule has 0 bridgehead atoms. The van der Waals surface area contributed by atoms with Crippen LogP contribution in [0.5, 0.6) is 0 Å². The molecule has 1 aromatic carbocycles. The van der Waals surface area contributed by atoms with E-state index in [1.54, 1.807) is 13.0 Å². The second kappa shape index (κ2) is 6.64. The molecule has 0 spiro atoms. The summed E-state index contributed by atoms with van der Waals surface area (Å²) < 4.78 is 40.6. The molecule has 8 heteroatoms. The molecule has 0 radical (unpaired) electrons. The van der Waals surface area contributed by atoms with Gasteiger partial charge >= 0.3 is 11.9 Å². The Balaban J connectivity index is 2.19. The molecule has 5 nitrogen and oxygen atoms in total. The fourth-order valence-electron chi connectivity index (χ4n) is 2.37. The SMILES string of the molecule is CC(NCc1cn(C)c(=O)n(C)c1=O)c1cccc(C(F)(F)F)c1. The third-order valence-electron chi connectivity index (χ3n) is 3.83. The van der Waals surface area contributed by atoms with Crippen LogP contribution in [0.2, 0.25) is 0 Å². The Morgan fingerprint density at radius 3 is 2.50 bits per heavy atom. The van der Waals surface area contributed by atoms with Crippen LogP contribution in [0.1, 0.15) is 29.7 Å².